The summed E-state index contributed by atoms with van der Waals surface area (Å²) >= 11 is 0. The summed E-state index contributed by atoms with van der Waals surface area (Å²) in [5.74, 6) is -1.83. The third-order valence-corrected chi connectivity index (χ3v) is 5.70. The molecule has 0 unspecified atom stereocenters. The minimum atomic E-state index is -1.00. The van der Waals surface area contributed by atoms with E-state index in [0.717, 1.165) is 6.42 Å². The maximum atomic E-state index is 13.9. The molecule has 1 aromatic carbocycles. The van der Waals surface area contributed by atoms with Crippen molar-refractivity contribution in [2.45, 2.75) is 25.4 Å². The summed E-state index contributed by atoms with van der Waals surface area (Å²) in [6.45, 7) is 2.45. The molecule has 2 N–H and O–H groups in total. The van der Waals surface area contributed by atoms with Gasteiger partial charge in [-0.2, -0.15) is 0 Å². The van der Waals surface area contributed by atoms with Gasteiger partial charge in [-0.15, -0.1) is 0 Å². The summed E-state index contributed by atoms with van der Waals surface area (Å²) in [6.07, 6.45) is 5.59. The van der Waals surface area contributed by atoms with Gasteiger partial charge in [0.25, 0.3) is 0 Å². The van der Waals surface area contributed by atoms with Crippen LogP contribution in [0, 0.1) is 5.82 Å². The van der Waals surface area contributed by atoms with Crippen LogP contribution in [0.5, 0.6) is 0 Å². The van der Waals surface area contributed by atoms with Crippen LogP contribution in [0.1, 0.15) is 24.4 Å². The molecule has 3 aromatic rings. The van der Waals surface area contributed by atoms with E-state index >= 15 is 0 Å². The molecular formula is C22H24FN5O4. The Morgan fingerprint density at radius 1 is 1.09 bits per heavy atom. The molecule has 10 heteroatoms. The molecule has 0 amide bonds. The second-order valence-corrected chi connectivity index (χ2v) is 7.75. The Hall–Kier alpha value is -3.53. The lowest BCUT2D eigenvalue weighted by molar-refractivity contribution is -0.143. The van der Waals surface area contributed by atoms with E-state index in [2.05, 4.69) is 9.97 Å². The van der Waals surface area contributed by atoms with Crippen molar-refractivity contribution in [3.63, 3.8) is 0 Å². The largest absolute Gasteiger partial charge is 0.481 e. The normalized spacial score (nSPS) is 16.1. The van der Waals surface area contributed by atoms with Crippen LogP contribution in [0.4, 0.5) is 10.3 Å². The highest BCUT2D eigenvalue weighted by atomic mass is 19.1. The molecule has 1 fully saturated rings. The van der Waals surface area contributed by atoms with Crippen LogP contribution in [-0.4, -0.2) is 67.8 Å². The van der Waals surface area contributed by atoms with E-state index in [1.165, 1.54) is 12.1 Å². The number of hydrogen-bond acceptors (Lipinski definition) is 6. The van der Waals surface area contributed by atoms with Gasteiger partial charge in [-0.05, 0) is 30.7 Å². The number of carboxylic acid groups (broad SMARTS) is 2. The molecule has 1 aliphatic rings. The summed E-state index contributed by atoms with van der Waals surface area (Å²) in [5, 5.41) is 19.8. The van der Waals surface area contributed by atoms with Crippen molar-refractivity contribution in [3.8, 4) is 0 Å². The first-order valence-electron chi connectivity index (χ1n) is 10.4. The lowest BCUT2D eigenvalue weighted by Crippen LogP contribution is -2.37. The molecule has 1 saturated heterocycles. The number of rotatable bonds is 7. The summed E-state index contributed by atoms with van der Waals surface area (Å²) in [5.41, 5.74) is 1.02. The minimum absolute atomic E-state index is 0.126. The van der Waals surface area contributed by atoms with Gasteiger partial charge < -0.3 is 19.7 Å². The van der Waals surface area contributed by atoms with Crippen LogP contribution in [0.15, 0.2) is 42.9 Å². The zero-order valence-corrected chi connectivity index (χ0v) is 17.4. The van der Waals surface area contributed by atoms with Crippen molar-refractivity contribution in [1.82, 2.24) is 19.4 Å². The maximum absolute atomic E-state index is 13.9. The molecule has 1 atom stereocenters. The van der Waals surface area contributed by atoms with E-state index in [1.807, 2.05) is 9.80 Å². The first kappa shape index (κ1) is 21.7. The molecule has 3 heterocycles. The standard InChI is InChI=1S/C22H24FN5O4/c23-15-3-4-16-17(14-28(18(16)13-15)10-5-19(29)30)20(21(31)32)26-8-2-9-27(12-11-26)22-24-6-1-7-25-22/h1,3-4,6-7,13-14,20H,2,5,8-12H2,(H,29,30)(H,31,32)/t20-/m0/s1. The predicted molar refractivity (Wildman–Crippen MR) is 115 cm³/mol. The van der Waals surface area contributed by atoms with Gasteiger partial charge in [0.05, 0.1) is 11.9 Å². The second kappa shape index (κ2) is 9.31. The topological polar surface area (TPSA) is 112 Å². The van der Waals surface area contributed by atoms with Crippen LogP contribution in [0.2, 0.25) is 0 Å². The van der Waals surface area contributed by atoms with Crippen LogP contribution in [-0.2, 0) is 16.1 Å². The number of aryl methyl sites for hydroxylation is 1. The number of carbonyl (C=O) groups is 2. The molecule has 9 nitrogen and oxygen atoms in total. The van der Waals surface area contributed by atoms with Crippen LogP contribution in [0.25, 0.3) is 10.9 Å². The van der Waals surface area contributed by atoms with Crippen molar-refractivity contribution in [3.05, 3.63) is 54.2 Å². The van der Waals surface area contributed by atoms with E-state index in [9.17, 15) is 19.1 Å². The Balaban J connectivity index is 1.65. The van der Waals surface area contributed by atoms with Crippen LogP contribution < -0.4 is 4.90 Å². The van der Waals surface area contributed by atoms with Crippen LogP contribution in [0.3, 0.4) is 0 Å². The number of carboxylic acids is 2. The van der Waals surface area contributed by atoms with Gasteiger partial charge >= 0.3 is 11.9 Å². The molecule has 4 rings (SSSR count). The lowest BCUT2D eigenvalue weighted by Gasteiger charge is -2.27. The van der Waals surface area contributed by atoms with Crippen molar-refractivity contribution in [2.24, 2.45) is 0 Å². The highest BCUT2D eigenvalue weighted by Crippen LogP contribution is 2.32. The van der Waals surface area contributed by atoms with E-state index < -0.39 is 23.8 Å². The summed E-state index contributed by atoms with van der Waals surface area (Å²) in [6, 6.07) is 4.98. The smallest absolute Gasteiger partial charge is 0.325 e. The molecule has 0 aliphatic carbocycles. The fourth-order valence-corrected chi connectivity index (χ4v) is 4.25. The summed E-state index contributed by atoms with van der Waals surface area (Å²) in [4.78, 5) is 35.9. The van der Waals surface area contributed by atoms with E-state index in [0.29, 0.717) is 48.6 Å². The van der Waals surface area contributed by atoms with Crippen LogP contribution >= 0.6 is 0 Å². The molecule has 32 heavy (non-hydrogen) atoms. The Labute approximate surface area is 183 Å². The summed E-state index contributed by atoms with van der Waals surface area (Å²) in [7, 11) is 0. The fraction of sp³-hybridized carbons (Fsp3) is 0.364. The molecule has 0 spiro atoms. The molecule has 0 bridgehead atoms. The van der Waals surface area contributed by atoms with Gasteiger partial charge in [-0.3, -0.25) is 14.5 Å². The van der Waals surface area contributed by atoms with Crippen molar-refractivity contribution >= 4 is 28.8 Å². The summed E-state index contributed by atoms with van der Waals surface area (Å²) < 4.78 is 15.5. The second-order valence-electron chi connectivity index (χ2n) is 7.75. The van der Waals surface area contributed by atoms with Gasteiger partial charge in [0.1, 0.15) is 11.9 Å². The first-order valence-corrected chi connectivity index (χ1v) is 10.4. The van der Waals surface area contributed by atoms with Gasteiger partial charge in [-0.25, -0.2) is 14.4 Å². The number of nitrogens with zero attached hydrogens (tertiary/aromatic N) is 5. The molecule has 2 aromatic heterocycles. The quantitative estimate of drug-likeness (QED) is 0.575. The number of benzene rings is 1. The third-order valence-electron chi connectivity index (χ3n) is 5.70. The molecule has 168 valence electrons. The highest BCUT2D eigenvalue weighted by Gasteiger charge is 2.32. The van der Waals surface area contributed by atoms with E-state index in [4.69, 9.17) is 5.11 Å². The maximum Gasteiger partial charge on any atom is 0.325 e. The third kappa shape index (κ3) is 4.54. The Bertz CT molecular complexity index is 1120. The zero-order valence-electron chi connectivity index (χ0n) is 17.4. The molecular weight excluding hydrogens is 417 g/mol. The molecule has 0 saturated carbocycles. The minimum Gasteiger partial charge on any atom is -0.481 e. The number of halogens is 1. The van der Waals surface area contributed by atoms with E-state index in [1.54, 1.807) is 35.3 Å². The zero-order chi connectivity index (χ0) is 22.7. The number of aliphatic carboxylic acids is 2. The van der Waals surface area contributed by atoms with Gasteiger partial charge in [0, 0.05) is 62.3 Å². The Morgan fingerprint density at radius 3 is 2.59 bits per heavy atom. The monoisotopic (exact) mass is 441 g/mol. The Kier molecular flexibility index (Phi) is 6.31. The highest BCUT2D eigenvalue weighted by molar-refractivity contribution is 5.90. The van der Waals surface area contributed by atoms with Crippen molar-refractivity contribution < 1.29 is 24.2 Å². The van der Waals surface area contributed by atoms with Crippen molar-refractivity contribution in [2.75, 3.05) is 31.1 Å². The molecule has 1 aliphatic heterocycles. The number of aromatic nitrogens is 3. The average molecular weight is 441 g/mol. The first-order chi connectivity index (χ1) is 15.4. The number of anilines is 1. The Morgan fingerprint density at radius 2 is 1.88 bits per heavy atom. The average Bonchev–Trinajstić information content (AvgIpc) is 2.94. The number of hydrogen-bond donors (Lipinski definition) is 2. The number of fused-ring (bicyclic) bond motifs is 1. The molecule has 0 radical (unpaired) electrons. The van der Waals surface area contributed by atoms with Gasteiger partial charge in [0.2, 0.25) is 5.95 Å². The van der Waals surface area contributed by atoms with Gasteiger partial charge in [-0.1, -0.05) is 0 Å². The lowest BCUT2D eigenvalue weighted by atomic mass is 10.0. The van der Waals surface area contributed by atoms with E-state index in [-0.39, 0.29) is 13.0 Å². The van der Waals surface area contributed by atoms with Crippen molar-refractivity contribution in [1.29, 1.82) is 0 Å². The predicted octanol–water partition coefficient (Wildman–Crippen LogP) is 2.38. The van der Waals surface area contributed by atoms with Gasteiger partial charge in [0.15, 0.2) is 0 Å². The SMILES string of the molecule is O=C(O)CCn1cc([C@@H](C(=O)O)N2CCCN(c3ncccn3)CC2)c2ccc(F)cc21. The fourth-order valence-electron chi connectivity index (χ4n) is 4.25.